The number of hydrogen-bond donors (Lipinski definition) is 4. The number of pyridine rings is 1. The smallest absolute Gasteiger partial charge is 0.259 e. The maximum atomic E-state index is 8.75. The van der Waals surface area contributed by atoms with E-state index < -0.39 is 5.17 Å². The Morgan fingerprint density at radius 2 is 1.61 bits per heavy atom. The third-order valence-corrected chi connectivity index (χ3v) is 2.85. The van der Waals surface area contributed by atoms with Gasteiger partial charge >= 0.3 is 0 Å². The minimum atomic E-state index is -0.500. The van der Waals surface area contributed by atoms with Crippen LogP contribution >= 0.6 is 24.4 Å². The highest BCUT2D eigenvalue weighted by molar-refractivity contribution is 7.80. The van der Waals surface area contributed by atoms with Gasteiger partial charge in [-0.3, -0.25) is 0 Å². The van der Waals surface area contributed by atoms with Crippen LogP contribution in [0.4, 0.5) is 5.82 Å². The molecular formula is C15H28N4O2S2. The van der Waals surface area contributed by atoms with Crippen LogP contribution < -0.4 is 11.1 Å². The fraction of sp³-hybridized carbons (Fsp3) is 0.533. The molecule has 8 heteroatoms. The Labute approximate surface area is 149 Å². The Morgan fingerprint density at radius 3 is 1.91 bits per heavy atom. The van der Waals surface area contributed by atoms with E-state index in [1.54, 1.807) is 6.07 Å². The molecule has 5 N–H and O–H groups in total. The molecule has 1 aromatic heterocycles. The lowest BCUT2D eigenvalue weighted by Gasteiger charge is -2.13. The van der Waals surface area contributed by atoms with E-state index in [0.29, 0.717) is 5.82 Å². The van der Waals surface area contributed by atoms with Crippen LogP contribution in [0.25, 0.3) is 0 Å². The number of aliphatic hydroxyl groups is 2. The summed E-state index contributed by atoms with van der Waals surface area (Å²) in [6, 6.07) is 5.54. The lowest BCUT2D eigenvalue weighted by molar-refractivity contribution is 0.321. The van der Waals surface area contributed by atoms with Crippen molar-refractivity contribution in [2.45, 2.75) is 34.1 Å². The number of nitrogens with two attached hydrogens (primary N) is 1. The maximum Gasteiger partial charge on any atom is 0.259 e. The third-order valence-electron chi connectivity index (χ3n) is 2.75. The number of rotatable bonds is 5. The maximum absolute atomic E-state index is 8.75. The Bertz CT molecular complexity index is 445. The molecule has 0 fully saturated rings. The molecule has 0 radical (unpaired) electrons. The molecule has 0 aliphatic rings. The molecule has 23 heavy (non-hydrogen) atoms. The molecule has 0 saturated carbocycles. The zero-order chi connectivity index (χ0) is 18.3. The van der Waals surface area contributed by atoms with E-state index in [1.165, 1.54) is 19.6 Å². The van der Waals surface area contributed by atoms with Gasteiger partial charge in [0.05, 0.1) is 0 Å². The first-order valence-electron chi connectivity index (χ1n) is 7.47. The number of aromatic nitrogens is 1. The van der Waals surface area contributed by atoms with Gasteiger partial charge in [-0.1, -0.05) is 33.8 Å². The molecule has 1 aromatic rings. The average Bonchev–Trinajstić information content (AvgIpc) is 2.48. The summed E-state index contributed by atoms with van der Waals surface area (Å²) in [5.41, 5.74) is 5.37. The van der Waals surface area contributed by atoms with E-state index in [4.69, 9.17) is 10.2 Å². The van der Waals surface area contributed by atoms with Crippen molar-refractivity contribution >= 4 is 40.6 Å². The van der Waals surface area contributed by atoms with E-state index in [2.05, 4.69) is 66.1 Å². The number of hydrogen-bond acceptors (Lipinski definition) is 4. The summed E-state index contributed by atoms with van der Waals surface area (Å²) in [6.45, 7) is 12.1. The lowest BCUT2D eigenvalue weighted by Crippen LogP contribution is -2.21. The van der Waals surface area contributed by atoms with Crippen LogP contribution in [-0.4, -0.2) is 50.1 Å². The van der Waals surface area contributed by atoms with Gasteiger partial charge in [0.2, 0.25) is 0 Å². The van der Waals surface area contributed by atoms with Crippen LogP contribution in [0.5, 0.6) is 0 Å². The van der Waals surface area contributed by atoms with Crippen LogP contribution in [0, 0.1) is 0 Å². The highest BCUT2D eigenvalue weighted by atomic mass is 32.1. The molecule has 0 atom stereocenters. The summed E-state index contributed by atoms with van der Waals surface area (Å²) >= 11 is 8.33. The monoisotopic (exact) mass is 360 g/mol. The number of nitrogens with one attached hydrogen (secondary N) is 1. The number of thiocarbonyl (C=S) groups is 2. The van der Waals surface area contributed by atoms with E-state index in [1.807, 2.05) is 19.1 Å². The summed E-state index contributed by atoms with van der Waals surface area (Å²) < 4.78 is 0. The van der Waals surface area contributed by atoms with Gasteiger partial charge in [0, 0.05) is 5.69 Å². The largest absolute Gasteiger partial charge is 0.487 e. The van der Waals surface area contributed by atoms with E-state index in [0.717, 1.165) is 12.1 Å². The predicted molar refractivity (Wildman–Crippen MR) is 105 cm³/mol. The van der Waals surface area contributed by atoms with E-state index >= 15 is 0 Å². The Kier molecular flexibility index (Phi) is 15.9. The van der Waals surface area contributed by atoms with Crippen molar-refractivity contribution in [3.05, 3.63) is 23.9 Å². The molecule has 0 aliphatic heterocycles. The molecular weight excluding hydrogens is 332 g/mol. The lowest BCUT2D eigenvalue weighted by atomic mass is 10.3. The molecule has 132 valence electrons. The van der Waals surface area contributed by atoms with Crippen molar-refractivity contribution in [3.63, 3.8) is 0 Å². The zero-order valence-corrected chi connectivity index (χ0v) is 15.9. The number of anilines is 1. The Balaban J connectivity index is 0. The van der Waals surface area contributed by atoms with Crippen molar-refractivity contribution in [2.24, 2.45) is 5.73 Å². The summed E-state index contributed by atoms with van der Waals surface area (Å²) in [6.07, 6.45) is 0.869. The summed E-state index contributed by atoms with van der Waals surface area (Å²) in [7, 11) is 0. The SMILES string of the molecule is CCN(CC)CC.CCc1cccc(NC(O)=S)n1.NC(O)=S. The fourth-order valence-electron chi connectivity index (χ4n) is 1.53. The molecule has 6 nitrogen and oxygen atoms in total. The van der Waals surface area contributed by atoms with E-state index in [9.17, 15) is 0 Å². The second-order valence-corrected chi connectivity index (χ2v) is 5.06. The Morgan fingerprint density at radius 1 is 1.13 bits per heavy atom. The number of aryl methyl sites for hydroxylation is 1. The molecule has 0 aliphatic carbocycles. The van der Waals surface area contributed by atoms with Crippen LogP contribution in [-0.2, 0) is 6.42 Å². The molecule has 0 amide bonds. The quantitative estimate of drug-likeness (QED) is 0.595. The first-order chi connectivity index (χ1) is 10.8. The van der Waals surface area contributed by atoms with Gasteiger partial charge < -0.3 is 26.2 Å². The van der Waals surface area contributed by atoms with Gasteiger partial charge in [-0.15, -0.1) is 0 Å². The van der Waals surface area contributed by atoms with Crippen LogP contribution in [0.1, 0.15) is 33.4 Å². The van der Waals surface area contributed by atoms with E-state index in [-0.39, 0.29) is 5.17 Å². The third kappa shape index (κ3) is 16.7. The summed E-state index contributed by atoms with van der Waals surface area (Å²) in [4.78, 5) is 6.55. The summed E-state index contributed by atoms with van der Waals surface area (Å²) in [5.74, 6) is 0.585. The van der Waals surface area contributed by atoms with Crippen LogP contribution in [0.3, 0.4) is 0 Å². The van der Waals surface area contributed by atoms with Crippen molar-refractivity contribution in [2.75, 3.05) is 25.0 Å². The van der Waals surface area contributed by atoms with Gasteiger partial charge in [-0.05, 0) is 62.6 Å². The van der Waals surface area contributed by atoms with Gasteiger partial charge in [0.1, 0.15) is 5.82 Å². The zero-order valence-electron chi connectivity index (χ0n) is 14.2. The first kappa shape index (κ1) is 23.8. The average molecular weight is 361 g/mol. The number of nitrogens with zero attached hydrogens (tertiary/aromatic N) is 2. The molecule has 0 bridgehead atoms. The van der Waals surface area contributed by atoms with Crippen molar-refractivity contribution < 1.29 is 10.2 Å². The minimum absolute atomic E-state index is 0.254. The highest BCUT2D eigenvalue weighted by Crippen LogP contribution is 2.04. The second kappa shape index (κ2) is 15.4. The molecule has 1 rings (SSSR count). The predicted octanol–water partition coefficient (Wildman–Crippen LogP) is 3.03. The topological polar surface area (TPSA) is 94.6 Å². The standard InChI is InChI=1S/C8H10N2OS.C6H15N.CH3NOS/c1-2-6-4-3-5-7(9-6)10-8(11)12;1-4-7(5-2)6-3;2-1(3)4/h3-5H,2H2,1H3,(H2,9,10,11,12);4-6H2,1-3H3;(H3,2,3,4). The van der Waals surface area contributed by atoms with Crippen molar-refractivity contribution in [3.8, 4) is 0 Å². The molecule has 1 heterocycles. The Hall–Kier alpha value is -1.51. The molecule has 0 aromatic carbocycles. The van der Waals surface area contributed by atoms with Crippen molar-refractivity contribution in [1.29, 1.82) is 0 Å². The van der Waals surface area contributed by atoms with Gasteiger partial charge in [-0.25, -0.2) is 4.98 Å². The molecule has 0 spiro atoms. The van der Waals surface area contributed by atoms with Crippen LogP contribution in [0.15, 0.2) is 18.2 Å². The second-order valence-electron chi connectivity index (χ2n) is 4.26. The minimum Gasteiger partial charge on any atom is -0.487 e. The van der Waals surface area contributed by atoms with Gasteiger partial charge in [0.25, 0.3) is 10.3 Å². The van der Waals surface area contributed by atoms with Crippen molar-refractivity contribution in [1.82, 2.24) is 9.88 Å². The van der Waals surface area contributed by atoms with Gasteiger partial charge in [0.15, 0.2) is 0 Å². The molecule has 0 unspecified atom stereocenters. The fourth-order valence-corrected chi connectivity index (χ4v) is 1.63. The molecule has 0 saturated heterocycles. The highest BCUT2D eigenvalue weighted by Gasteiger charge is 1.96. The normalized spacial score (nSPS) is 9.09. The number of aliphatic hydroxyl groups excluding tert-OH is 2. The van der Waals surface area contributed by atoms with Gasteiger partial charge in [-0.2, -0.15) is 0 Å². The van der Waals surface area contributed by atoms with Crippen LogP contribution in [0.2, 0.25) is 0 Å². The first-order valence-corrected chi connectivity index (χ1v) is 8.28. The summed E-state index contributed by atoms with van der Waals surface area (Å²) in [5, 5.41) is 18.1.